The zero-order valence-electron chi connectivity index (χ0n) is 21.0. The molecule has 0 atom stereocenters. The Morgan fingerprint density at radius 1 is 0.500 bits per heavy atom. The number of hydrogen-bond donors (Lipinski definition) is 4. The summed E-state index contributed by atoms with van der Waals surface area (Å²) >= 11 is 0. The molecule has 0 saturated heterocycles. The minimum Gasteiger partial charge on any atom is -0.359 e. The van der Waals surface area contributed by atoms with Crippen molar-refractivity contribution in [1.29, 1.82) is 0 Å². The Bertz CT molecular complexity index is 2330. The molecule has 0 saturated carbocycles. The van der Waals surface area contributed by atoms with Crippen molar-refractivity contribution < 1.29 is 0 Å². The van der Waals surface area contributed by atoms with Gasteiger partial charge in [0.05, 0.1) is 66.4 Å². The monoisotopic (exact) mass is 516 g/mol. The van der Waals surface area contributed by atoms with E-state index >= 15 is 0 Å². The number of H-pyrrole nitrogens is 4. The third kappa shape index (κ3) is 3.01. The van der Waals surface area contributed by atoms with Gasteiger partial charge in [-0.1, -0.05) is 0 Å². The summed E-state index contributed by atoms with van der Waals surface area (Å²) in [4.78, 5) is 33.6. The van der Waals surface area contributed by atoms with Gasteiger partial charge in [0, 0.05) is 46.5 Å². The highest BCUT2D eigenvalue weighted by atomic mass is 14.8. The number of aromatic nitrogens is 8. The number of fused-ring (bicyclic) bond motifs is 20. The maximum absolute atomic E-state index is 5.09. The minimum atomic E-state index is 0.847. The van der Waals surface area contributed by atoms with Crippen LogP contribution in [0.2, 0.25) is 0 Å². The third-order valence-corrected chi connectivity index (χ3v) is 7.64. The Morgan fingerprint density at radius 2 is 1.12 bits per heavy atom. The molecule has 8 bridgehead atoms. The van der Waals surface area contributed by atoms with Crippen molar-refractivity contribution in [2.45, 2.75) is 0 Å². The lowest BCUT2D eigenvalue weighted by Crippen LogP contribution is -2.11. The molecule has 3 aliphatic heterocycles. The maximum atomic E-state index is 5.09. The van der Waals surface area contributed by atoms with Gasteiger partial charge in [-0.3, -0.25) is 15.0 Å². The van der Waals surface area contributed by atoms with E-state index in [0.29, 0.717) is 0 Å². The van der Waals surface area contributed by atoms with Crippen LogP contribution in [-0.2, 0) is 0 Å². The quantitative estimate of drug-likeness (QED) is 0.248. The lowest BCUT2D eigenvalue weighted by Gasteiger charge is -1.99. The molecule has 9 rings (SSSR count). The van der Waals surface area contributed by atoms with Crippen LogP contribution in [0.1, 0.15) is 22.8 Å². The van der Waals surface area contributed by atoms with E-state index in [2.05, 4.69) is 68.5 Å². The van der Waals surface area contributed by atoms with Crippen LogP contribution in [0.15, 0.2) is 73.3 Å². The van der Waals surface area contributed by atoms with Crippen molar-refractivity contribution in [2.75, 3.05) is 0 Å². The Morgan fingerprint density at radius 3 is 1.90 bits per heavy atom. The molecule has 0 unspecified atom stereocenters. The van der Waals surface area contributed by atoms with Gasteiger partial charge in [-0.2, -0.15) is 0 Å². The van der Waals surface area contributed by atoms with Crippen LogP contribution in [0.25, 0.3) is 68.3 Å². The standard InChI is InChI=1S/C32H20N8/c1-5-17-21-13-26-30-19(7-3-10-34-30)23(38-26)15-28-32-20(8-4-12-36-32)24(40-28)16-27-31-18(6-2-11-35-31)22(39-27)14-25(37-21)29(17)33-9-1/h1-16,33,38-40H. The number of aromatic amines is 4. The average Bonchev–Trinajstić information content (AvgIpc) is 3.73. The second-order valence-corrected chi connectivity index (χ2v) is 9.97. The first kappa shape index (κ1) is 21.2. The number of nitrogens with one attached hydrogen (secondary N) is 4. The van der Waals surface area contributed by atoms with Crippen LogP contribution in [0.3, 0.4) is 0 Å². The highest BCUT2D eigenvalue weighted by Crippen LogP contribution is 2.29. The molecule has 0 fully saturated rings. The largest absolute Gasteiger partial charge is 0.359 e. The van der Waals surface area contributed by atoms with Gasteiger partial charge in [0.1, 0.15) is 0 Å². The predicted octanol–water partition coefficient (Wildman–Crippen LogP) is 2.77. The van der Waals surface area contributed by atoms with E-state index in [-0.39, 0.29) is 0 Å². The predicted molar refractivity (Wildman–Crippen MR) is 156 cm³/mol. The molecule has 6 aromatic rings. The highest BCUT2D eigenvalue weighted by molar-refractivity contribution is 5.95. The molecular weight excluding hydrogens is 496 g/mol. The van der Waals surface area contributed by atoms with Crippen LogP contribution in [0.4, 0.5) is 0 Å². The lowest BCUT2D eigenvalue weighted by molar-refractivity contribution is 1.23. The molecule has 0 radical (unpaired) electrons. The van der Waals surface area contributed by atoms with Crippen molar-refractivity contribution in [3.63, 3.8) is 0 Å². The SMILES string of the molecule is C1=c2[nH]c(c3ncccc23)=Cc2[nH]c(c3ncccc23)C=c2[nH]c(c3ncccc23)=Cc2nc1c1[nH]cccc2-1. The van der Waals surface area contributed by atoms with E-state index in [9.17, 15) is 0 Å². The molecule has 9 heterocycles. The third-order valence-electron chi connectivity index (χ3n) is 7.64. The average molecular weight is 517 g/mol. The van der Waals surface area contributed by atoms with Crippen LogP contribution in [0.5, 0.6) is 0 Å². The Kier molecular flexibility index (Phi) is 4.17. The van der Waals surface area contributed by atoms with E-state index in [4.69, 9.17) is 19.9 Å². The summed E-state index contributed by atoms with van der Waals surface area (Å²) < 4.78 is 0. The zero-order valence-corrected chi connectivity index (χ0v) is 21.0. The van der Waals surface area contributed by atoms with E-state index in [1.165, 1.54) is 0 Å². The Labute approximate surface area is 225 Å². The van der Waals surface area contributed by atoms with Crippen molar-refractivity contribution in [1.82, 2.24) is 39.9 Å². The lowest BCUT2D eigenvalue weighted by atomic mass is 10.1. The van der Waals surface area contributed by atoms with Gasteiger partial charge in [-0.05, 0) is 72.8 Å². The first-order valence-electron chi connectivity index (χ1n) is 13.1. The maximum Gasteiger partial charge on any atom is 0.0958 e. The topological polar surface area (TPSA) is 115 Å². The number of pyridine rings is 4. The summed E-state index contributed by atoms with van der Waals surface area (Å²) in [5, 5.41) is 6.79. The summed E-state index contributed by atoms with van der Waals surface area (Å²) in [7, 11) is 0. The summed E-state index contributed by atoms with van der Waals surface area (Å²) in [6.07, 6.45) is 15.8. The summed E-state index contributed by atoms with van der Waals surface area (Å²) in [5.41, 5.74) is 8.26. The molecule has 188 valence electrons. The molecule has 0 amide bonds. The van der Waals surface area contributed by atoms with Gasteiger partial charge >= 0.3 is 0 Å². The van der Waals surface area contributed by atoms with Gasteiger partial charge < -0.3 is 19.9 Å². The Balaban J connectivity index is 1.50. The van der Waals surface area contributed by atoms with Gasteiger partial charge in [0.25, 0.3) is 0 Å². The van der Waals surface area contributed by atoms with Crippen molar-refractivity contribution in [3.8, 4) is 11.3 Å². The van der Waals surface area contributed by atoms with Crippen LogP contribution >= 0.6 is 0 Å². The van der Waals surface area contributed by atoms with E-state index in [1.54, 1.807) is 0 Å². The first-order valence-corrected chi connectivity index (χ1v) is 13.1. The molecule has 3 aliphatic rings. The first-order chi connectivity index (χ1) is 19.8. The highest BCUT2D eigenvalue weighted by Gasteiger charge is 2.17. The van der Waals surface area contributed by atoms with Crippen molar-refractivity contribution in [3.05, 3.63) is 117 Å². The van der Waals surface area contributed by atoms with Gasteiger partial charge in [-0.25, -0.2) is 4.98 Å². The van der Waals surface area contributed by atoms with Crippen LogP contribution in [0, 0.1) is 0 Å². The van der Waals surface area contributed by atoms with Crippen molar-refractivity contribution in [2.24, 2.45) is 0 Å². The van der Waals surface area contributed by atoms with Crippen LogP contribution < -0.4 is 21.4 Å². The second kappa shape index (κ2) is 7.87. The zero-order chi connectivity index (χ0) is 26.2. The molecule has 0 aliphatic carbocycles. The molecule has 6 aromatic heterocycles. The molecule has 8 nitrogen and oxygen atoms in total. The normalized spacial score (nSPS) is 12.8. The van der Waals surface area contributed by atoms with Gasteiger partial charge in [0.15, 0.2) is 0 Å². The van der Waals surface area contributed by atoms with E-state index in [1.807, 2.05) is 49.1 Å². The minimum absolute atomic E-state index is 0.847. The smallest absolute Gasteiger partial charge is 0.0958 e. The molecule has 0 aromatic carbocycles. The van der Waals surface area contributed by atoms with E-state index < -0.39 is 0 Å². The van der Waals surface area contributed by atoms with Gasteiger partial charge in [0.2, 0.25) is 0 Å². The molecule has 4 N–H and O–H groups in total. The van der Waals surface area contributed by atoms with Gasteiger partial charge in [-0.15, -0.1) is 0 Å². The Hall–Kier alpha value is -5.76. The fourth-order valence-electron chi connectivity index (χ4n) is 5.87. The molecular formula is C32H20N8. The number of hydrogen-bond acceptors (Lipinski definition) is 4. The van der Waals surface area contributed by atoms with Crippen LogP contribution in [-0.4, -0.2) is 39.9 Å². The second-order valence-electron chi connectivity index (χ2n) is 9.97. The molecule has 0 spiro atoms. The fraction of sp³-hybridized carbons (Fsp3) is 0. The fourth-order valence-corrected chi connectivity index (χ4v) is 5.87. The summed E-state index contributed by atoms with van der Waals surface area (Å²) in [6.45, 7) is 0. The summed E-state index contributed by atoms with van der Waals surface area (Å²) in [6, 6.07) is 16.2. The van der Waals surface area contributed by atoms with Crippen molar-refractivity contribution >= 4 is 57.0 Å². The molecule has 8 heteroatoms. The summed E-state index contributed by atoms with van der Waals surface area (Å²) in [5.74, 6) is 0. The van der Waals surface area contributed by atoms with E-state index in [0.717, 1.165) is 88.1 Å². The molecule has 40 heavy (non-hydrogen) atoms. The number of nitrogens with zero attached hydrogens (tertiary/aromatic N) is 4. The number of rotatable bonds is 0.